The largest absolute Gasteiger partial charge is 0.436 e. The van der Waals surface area contributed by atoms with Crippen LogP contribution >= 0.6 is 0 Å². The maximum absolute atomic E-state index is 14.0. The molecule has 0 spiro atoms. The molecule has 46 heavy (non-hydrogen) atoms. The van der Waals surface area contributed by atoms with E-state index in [1.807, 2.05) is 25.1 Å². The van der Waals surface area contributed by atoms with Crippen LogP contribution in [-0.2, 0) is 10.0 Å². The Balaban J connectivity index is 1.26. The van der Waals surface area contributed by atoms with Gasteiger partial charge in [0.05, 0.1) is 39.9 Å². The molecule has 0 saturated carbocycles. The number of nitrogens with zero attached hydrogens (tertiary/aromatic N) is 3. The van der Waals surface area contributed by atoms with Crippen LogP contribution in [-0.4, -0.2) is 33.9 Å². The Hall–Kier alpha value is -5.49. The Morgan fingerprint density at radius 2 is 1.65 bits per heavy atom. The fourth-order valence-electron chi connectivity index (χ4n) is 5.62. The second-order valence-corrected chi connectivity index (χ2v) is 12.9. The SMILES string of the molecule is Cc1cc(C)c(S(=O)(=O)Nc2cc3[nH]c(C(=O)c4cnn(-c5cnc(Oc6ccccc6F)cc5C)c4N)cc3cc2C)c(C)c1. The molecule has 3 aromatic heterocycles. The van der Waals surface area contributed by atoms with Crippen molar-refractivity contribution in [3.8, 4) is 17.3 Å². The number of benzene rings is 3. The first-order valence-electron chi connectivity index (χ1n) is 14.3. The lowest BCUT2D eigenvalue weighted by Crippen LogP contribution is -2.16. The number of aromatic nitrogens is 4. The topological polar surface area (TPSA) is 145 Å². The lowest BCUT2D eigenvalue weighted by atomic mass is 10.1. The maximum atomic E-state index is 14.0. The number of carbonyl (C=O) groups excluding carboxylic acids is 1. The van der Waals surface area contributed by atoms with E-state index in [-0.39, 0.29) is 33.6 Å². The number of H-pyrrole nitrogens is 1. The predicted molar refractivity (Wildman–Crippen MR) is 175 cm³/mol. The summed E-state index contributed by atoms with van der Waals surface area (Å²) in [6.07, 6.45) is 2.86. The van der Waals surface area contributed by atoms with Crippen LogP contribution < -0.4 is 15.2 Å². The van der Waals surface area contributed by atoms with Crippen LogP contribution in [0.4, 0.5) is 15.9 Å². The fraction of sp³-hybridized carbons (Fsp3) is 0.147. The average Bonchev–Trinajstić information content (AvgIpc) is 3.56. The molecule has 10 nitrogen and oxygen atoms in total. The van der Waals surface area contributed by atoms with Crippen molar-refractivity contribution in [2.75, 3.05) is 10.5 Å². The van der Waals surface area contributed by atoms with E-state index in [0.717, 1.165) is 10.9 Å². The lowest BCUT2D eigenvalue weighted by Gasteiger charge is -2.15. The van der Waals surface area contributed by atoms with Crippen LogP contribution in [0.1, 0.15) is 43.9 Å². The molecule has 3 aromatic carbocycles. The number of ketones is 1. The number of halogens is 1. The first-order valence-corrected chi connectivity index (χ1v) is 15.8. The van der Waals surface area contributed by atoms with Crippen molar-refractivity contribution in [1.29, 1.82) is 0 Å². The van der Waals surface area contributed by atoms with E-state index in [4.69, 9.17) is 10.5 Å². The number of carbonyl (C=O) groups is 1. The van der Waals surface area contributed by atoms with Crippen molar-refractivity contribution in [3.05, 3.63) is 118 Å². The van der Waals surface area contributed by atoms with E-state index < -0.39 is 21.6 Å². The van der Waals surface area contributed by atoms with Gasteiger partial charge < -0.3 is 15.5 Å². The number of nitrogens with one attached hydrogen (secondary N) is 2. The minimum absolute atomic E-state index is 0.0446. The van der Waals surface area contributed by atoms with Gasteiger partial charge in [-0.2, -0.15) is 5.10 Å². The minimum atomic E-state index is -3.88. The molecule has 234 valence electrons. The Labute approximate surface area is 265 Å². The Morgan fingerprint density at radius 3 is 2.35 bits per heavy atom. The molecule has 0 aliphatic rings. The lowest BCUT2D eigenvalue weighted by molar-refractivity contribution is 0.103. The van der Waals surface area contributed by atoms with Crippen molar-refractivity contribution in [2.24, 2.45) is 0 Å². The van der Waals surface area contributed by atoms with E-state index in [9.17, 15) is 17.6 Å². The highest BCUT2D eigenvalue weighted by molar-refractivity contribution is 7.92. The Morgan fingerprint density at radius 1 is 0.935 bits per heavy atom. The molecule has 0 aliphatic heterocycles. The predicted octanol–water partition coefficient (Wildman–Crippen LogP) is 6.84. The summed E-state index contributed by atoms with van der Waals surface area (Å²) in [7, 11) is -3.88. The summed E-state index contributed by atoms with van der Waals surface area (Å²) in [4.78, 5) is 21.2. The van der Waals surface area contributed by atoms with E-state index in [2.05, 4.69) is 19.8 Å². The van der Waals surface area contributed by atoms with Gasteiger partial charge in [0, 0.05) is 17.0 Å². The maximum Gasteiger partial charge on any atom is 0.262 e. The van der Waals surface area contributed by atoms with E-state index in [1.165, 1.54) is 29.2 Å². The zero-order chi connectivity index (χ0) is 32.9. The second kappa shape index (κ2) is 11.5. The molecule has 3 heterocycles. The van der Waals surface area contributed by atoms with Crippen LogP contribution in [0.25, 0.3) is 16.6 Å². The molecule has 0 atom stereocenters. The highest BCUT2D eigenvalue weighted by atomic mass is 32.2. The second-order valence-electron chi connectivity index (χ2n) is 11.3. The van der Waals surface area contributed by atoms with Gasteiger partial charge in [0.25, 0.3) is 10.0 Å². The molecule has 6 aromatic rings. The molecule has 6 rings (SSSR count). The molecule has 0 bridgehead atoms. The van der Waals surface area contributed by atoms with Crippen LogP contribution in [0.2, 0.25) is 0 Å². The average molecular weight is 639 g/mol. The number of hydrogen-bond donors (Lipinski definition) is 3. The first-order chi connectivity index (χ1) is 21.8. The number of pyridine rings is 1. The molecule has 4 N–H and O–H groups in total. The summed E-state index contributed by atoms with van der Waals surface area (Å²) >= 11 is 0. The number of aryl methyl sites for hydroxylation is 5. The van der Waals surface area contributed by atoms with Crippen molar-refractivity contribution in [3.63, 3.8) is 0 Å². The van der Waals surface area contributed by atoms with Crippen LogP contribution in [0.5, 0.6) is 11.6 Å². The van der Waals surface area contributed by atoms with Crippen molar-refractivity contribution in [1.82, 2.24) is 19.7 Å². The summed E-state index contributed by atoms with van der Waals surface area (Å²) in [5.41, 5.74) is 12.0. The molecular formula is C34H31FN6O4S. The molecule has 0 fully saturated rings. The first kappa shape index (κ1) is 30.5. The van der Waals surface area contributed by atoms with Gasteiger partial charge in [-0.15, -0.1) is 0 Å². The summed E-state index contributed by atoms with van der Waals surface area (Å²) in [6, 6.07) is 16.5. The zero-order valence-electron chi connectivity index (χ0n) is 25.8. The molecule has 0 unspecified atom stereocenters. The summed E-state index contributed by atoms with van der Waals surface area (Å²) in [5, 5.41) is 5.06. The van der Waals surface area contributed by atoms with E-state index in [1.54, 1.807) is 58.0 Å². The fourth-order valence-corrected chi connectivity index (χ4v) is 7.20. The number of anilines is 2. The van der Waals surface area contributed by atoms with Crippen molar-refractivity contribution < 1.29 is 22.3 Å². The van der Waals surface area contributed by atoms with E-state index in [0.29, 0.717) is 39.1 Å². The van der Waals surface area contributed by atoms with Gasteiger partial charge in [-0.25, -0.2) is 22.5 Å². The number of para-hydroxylation sites is 1. The number of sulfonamides is 1. The number of nitrogen functional groups attached to an aromatic ring is 1. The monoisotopic (exact) mass is 638 g/mol. The third kappa shape index (κ3) is 5.58. The standard InChI is InChI=1S/C34H31FN6O4S/c1-18-10-21(4)33(22(5)11-18)46(43,44)40-26-15-27-23(12-19(26)2)14-28(39-27)32(42)24-16-38-41(34(24)36)29-17-37-31(13-20(29)3)45-30-9-7-6-8-25(30)35/h6-17,39-40H,36H2,1-5H3. The molecule has 12 heteroatoms. The van der Waals surface area contributed by atoms with Gasteiger partial charge >= 0.3 is 0 Å². The third-order valence-corrected chi connectivity index (χ3v) is 9.39. The van der Waals surface area contributed by atoms with Crippen molar-refractivity contribution >= 4 is 38.2 Å². The number of fused-ring (bicyclic) bond motifs is 1. The molecule has 0 aliphatic carbocycles. The van der Waals surface area contributed by atoms with Crippen LogP contribution in [0, 0.1) is 40.4 Å². The number of hydrogen-bond acceptors (Lipinski definition) is 7. The van der Waals surface area contributed by atoms with Gasteiger partial charge in [0.1, 0.15) is 5.82 Å². The zero-order valence-corrected chi connectivity index (χ0v) is 26.6. The highest BCUT2D eigenvalue weighted by Crippen LogP contribution is 2.31. The summed E-state index contributed by atoms with van der Waals surface area (Å²) < 4.78 is 50.5. The summed E-state index contributed by atoms with van der Waals surface area (Å²) in [5.74, 6) is -0.571. The Kier molecular flexibility index (Phi) is 7.61. The number of aromatic amines is 1. The Bertz CT molecular complexity index is 2270. The van der Waals surface area contributed by atoms with Crippen molar-refractivity contribution in [2.45, 2.75) is 39.5 Å². The molecule has 0 amide bonds. The third-order valence-electron chi connectivity index (χ3n) is 7.72. The molecular weight excluding hydrogens is 607 g/mol. The number of ether oxygens (including phenoxy) is 1. The van der Waals surface area contributed by atoms with Gasteiger partial charge in [0.15, 0.2) is 11.6 Å². The number of nitrogens with two attached hydrogens (primary N) is 1. The van der Waals surface area contributed by atoms with Crippen LogP contribution in [0.15, 0.2) is 78.0 Å². The molecule has 0 saturated heterocycles. The smallest absolute Gasteiger partial charge is 0.262 e. The van der Waals surface area contributed by atoms with Gasteiger partial charge in [-0.1, -0.05) is 29.8 Å². The highest BCUT2D eigenvalue weighted by Gasteiger charge is 2.23. The molecule has 0 radical (unpaired) electrons. The van der Waals surface area contributed by atoms with Gasteiger partial charge in [-0.3, -0.25) is 9.52 Å². The van der Waals surface area contributed by atoms with Gasteiger partial charge in [0.2, 0.25) is 11.7 Å². The minimum Gasteiger partial charge on any atom is -0.436 e. The number of rotatable bonds is 8. The normalized spacial score (nSPS) is 11.6. The summed E-state index contributed by atoms with van der Waals surface area (Å²) in [6.45, 7) is 9.06. The van der Waals surface area contributed by atoms with Gasteiger partial charge in [-0.05, 0) is 87.2 Å². The quantitative estimate of drug-likeness (QED) is 0.155. The van der Waals surface area contributed by atoms with E-state index >= 15 is 0 Å². The van der Waals surface area contributed by atoms with Crippen LogP contribution in [0.3, 0.4) is 0 Å².